The number of rotatable bonds is 5. The summed E-state index contributed by atoms with van der Waals surface area (Å²) in [6.07, 6.45) is 1.54. The second kappa shape index (κ2) is 7.77. The molecule has 0 aliphatic carbocycles. The summed E-state index contributed by atoms with van der Waals surface area (Å²) in [5.74, 6) is 0.250. The molecule has 0 amide bonds. The molecular weight excluding hydrogens is 284 g/mol. The maximum atomic E-state index is 11.5. The lowest BCUT2D eigenvalue weighted by atomic mass is 9.97. The van der Waals surface area contributed by atoms with Crippen molar-refractivity contribution in [2.75, 3.05) is 6.61 Å². The van der Waals surface area contributed by atoms with Crippen LogP contribution in [0.1, 0.15) is 44.7 Å². The number of hydrogen-bond acceptors (Lipinski definition) is 2. The van der Waals surface area contributed by atoms with E-state index in [1.54, 1.807) is 6.92 Å². The van der Waals surface area contributed by atoms with Gasteiger partial charge in [-0.15, -0.1) is 0 Å². The molecule has 0 saturated carbocycles. The van der Waals surface area contributed by atoms with Crippen molar-refractivity contribution in [1.29, 1.82) is 0 Å². The summed E-state index contributed by atoms with van der Waals surface area (Å²) in [5, 5.41) is 0. The lowest BCUT2D eigenvalue weighted by molar-refractivity contribution is -0.137. The fraction of sp³-hybridized carbons (Fsp3) is 0.286. The molecule has 0 N–H and O–H groups in total. The first-order valence-corrected chi connectivity index (χ1v) is 8.07. The third-order valence-corrected chi connectivity index (χ3v) is 3.87. The van der Waals surface area contributed by atoms with E-state index < -0.39 is 0 Å². The van der Waals surface area contributed by atoms with Gasteiger partial charge < -0.3 is 4.74 Å². The fourth-order valence-electron chi connectivity index (χ4n) is 2.43. The van der Waals surface area contributed by atoms with Crippen LogP contribution in [0.3, 0.4) is 0 Å². The lowest BCUT2D eigenvalue weighted by Gasteiger charge is -2.08. The van der Waals surface area contributed by atoms with Crippen LogP contribution in [0.25, 0.3) is 16.7 Å². The van der Waals surface area contributed by atoms with Crippen molar-refractivity contribution in [2.45, 2.75) is 33.6 Å². The molecule has 0 spiro atoms. The van der Waals surface area contributed by atoms with Gasteiger partial charge in [-0.2, -0.15) is 0 Å². The van der Waals surface area contributed by atoms with Gasteiger partial charge in [0.2, 0.25) is 0 Å². The molecule has 2 heteroatoms. The van der Waals surface area contributed by atoms with E-state index in [2.05, 4.69) is 50.2 Å². The molecule has 0 heterocycles. The van der Waals surface area contributed by atoms with Gasteiger partial charge in [0.25, 0.3) is 0 Å². The van der Waals surface area contributed by atoms with Crippen LogP contribution in [-0.2, 0) is 9.53 Å². The highest BCUT2D eigenvalue weighted by molar-refractivity contribution is 5.91. The zero-order valence-electron chi connectivity index (χ0n) is 14.3. The van der Waals surface area contributed by atoms with Crippen molar-refractivity contribution in [1.82, 2.24) is 0 Å². The largest absolute Gasteiger partial charge is 0.463 e. The van der Waals surface area contributed by atoms with Gasteiger partial charge in [-0.1, -0.05) is 62.4 Å². The molecule has 0 radical (unpaired) electrons. The molecule has 23 heavy (non-hydrogen) atoms. The molecule has 0 fully saturated rings. The summed E-state index contributed by atoms with van der Waals surface area (Å²) in [4.78, 5) is 11.5. The van der Waals surface area contributed by atoms with E-state index in [0.717, 1.165) is 11.1 Å². The van der Waals surface area contributed by atoms with E-state index in [-0.39, 0.29) is 5.97 Å². The van der Waals surface area contributed by atoms with E-state index >= 15 is 0 Å². The minimum atomic E-state index is -0.293. The molecule has 2 aromatic rings. The summed E-state index contributed by atoms with van der Waals surface area (Å²) in [7, 11) is 0. The standard InChI is InChI=1S/C21H24O2/c1-5-23-21(22)14-16(4)18-8-12-20(13-9-18)19-10-6-17(7-11-19)15(2)3/h6-15H,5H2,1-4H3. The van der Waals surface area contributed by atoms with Gasteiger partial charge in [0.1, 0.15) is 0 Å². The van der Waals surface area contributed by atoms with Gasteiger partial charge in [-0.05, 0) is 47.6 Å². The number of ether oxygens (including phenoxy) is 1. The highest BCUT2D eigenvalue weighted by Gasteiger charge is 2.04. The molecule has 0 atom stereocenters. The highest BCUT2D eigenvalue weighted by Crippen LogP contribution is 2.24. The predicted molar refractivity (Wildman–Crippen MR) is 96.3 cm³/mol. The molecule has 0 aromatic heterocycles. The predicted octanol–water partition coefficient (Wildman–Crippen LogP) is 5.44. The average Bonchev–Trinajstić information content (AvgIpc) is 2.55. The molecule has 120 valence electrons. The van der Waals surface area contributed by atoms with Gasteiger partial charge in [-0.25, -0.2) is 4.79 Å². The van der Waals surface area contributed by atoms with Gasteiger partial charge in [0.15, 0.2) is 0 Å². The Morgan fingerprint density at radius 3 is 2.00 bits per heavy atom. The fourth-order valence-corrected chi connectivity index (χ4v) is 2.43. The Kier molecular flexibility index (Phi) is 5.75. The monoisotopic (exact) mass is 308 g/mol. The summed E-state index contributed by atoms with van der Waals surface area (Å²) in [6.45, 7) is 8.52. The zero-order valence-corrected chi connectivity index (χ0v) is 14.3. The zero-order chi connectivity index (χ0) is 16.8. The van der Waals surface area contributed by atoms with Crippen molar-refractivity contribution in [3.05, 3.63) is 65.7 Å². The van der Waals surface area contributed by atoms with Crippen molar-refractivity contribution < 1.29 is 9.53 Å². The number of esters is 1. The number of benzene rings is 2. The lowest BCUT2D eigenvalue weighted by Crippen LogP contribution is -2.00. The smallest absolute Gasteiger partial charge is 0.331 e. The first kappa shape index (κ1) is 17.0. The average molecular weight is 308 g/mol. The first-order chi connectivity index (χ1) is 11.0. The minimum Gasteiger partial charge on any atom is -0.463 e. The second-order valence-corrected chi connectivity index (χ2v) is 5.93. The Morgan fingerprint density at radius 1 is 1.00 bits per heavy atom. The van der Waals surface area contributed by atoms with E-state index in [0.29, 0.717) is 12.5 Å². The van der Waals surface area contributed by atoms with Gasteiger partial charge >= 0.3 is 5.97 Å². The van der Waals surface area contributed by atoms with Crippen molar-refractivity contribution in [3.63, 3.8) is 0 Å². The van der Waals surface area contributed by atoms with Crippen LogP contribution in [-0.4, -0.2) is 12.6 Å². The summed E-state index contributed by atoms with van der Waals surface area (Å²) >= 11 is 0. The number of hydrogen-bond donors (Lipinski definition) is 0. The van der Waals surface area contributed by atoms with Crippen molar-refractivity contribution >= 4 is 11.5 Å². The van der Waals surface area contributed by atoms with Crippen LogP contribution >= 0.6 is 0 Å². The summed E-state index contributed by atoms with van der Waals surface area (Å²) < 4.78 is 4.94. The summed E-state index contributed by atoms with van der Waals surface area (Å²) in [6, 6.07) is 16.9. The van der Waals surface area contributed by atoms with E-state index in [4.69, 9.17) is 4.74 Å². The van der Waals surface area contributed by atoms with Crippen LogP contribution in [0.5, 0.6) is 0 Å². The molecule has 0 saturated heterocycles. The molecule has 0 bridgehead atoms. The highest BCUT2D eigenvalue weighted by atomic mass is 16.5. The van der Waals surface area contributed by atoms with Crippen LogP contribution in [0, 0.1) is 0 Å². The number of carbonyl (C=O) groups is 1. The topological polar surface area (TPSA) is 26.3 Å². The maximum Gasteiger partial charge on any atom is 0.331 e. The molecule has 2 aromatic carbocycles. The Hall–Kier alpha value is -2.35. The Bertz CT molecular complexity index is 677. The third kappa shape index (κ3) is 4.56. The molecule has 2 rings (SSSR count). The SMILES string of the molecule is CCOC(=O)C=C(C)c1ccc(-c2ccc(C(C)C)cc2)cc1. The van der Waals surface area contributed by atoms with Gasteiger partial charge in [0.05, 0.1) is 6.61 Å². The van der Waals surface area contributed by atoms with E-state index in [1.165, 1.54) is 22.8 Å². The van der Waals surface area contributed by atoms with E-state index in [9.17, 15) is 4.79 Å². The van der Waals surface area contributed by atoms with Gasteiger partial charge in [0, 0.05) is 6.08 Å². The van der Waals surface area contributed by atoms with E-state index in [1.807, 2.05) is 19.1 Å². The third-order valence-electron chi connectivity index (χ3n) is 3.87. The summed E-state index contributed by atoms with van der Waals surface area (Å²) in [5.41, 5.74) is 5.66. The van der Waals surface area contributed by atoms with Crippen LogP contribution in [0.4, 0.5) is 0 Å². The van der Waals surface area contributed by atoms with Gasteiger partial charge in [-0.3, -0.25) is 0 Å². The Morgan fingerprint density at radius 2 is 1.52 bits per heavy atom. The Labute approximate surface area is 138 Å². The minimum absolute atomic E-state index is 0.293. The number of carbonyl (C=O) groups excluding carboxylic acids is 1. The maximum absolute atomic E-state index is 11.5. The molecule has 0 aliphatic rings. The van der Waals surface area contributed by atoms with Crippen LogP contribution < -0.4 is 0 Å². The Balaban J connectivity index is 2.17. The van der Waals surface area contributed by atoms with Crippen molar-refractivity contribution in [3.8, 4) is 11.1 Å². The van der Waals surface area contributed by atoms with Crippen molar-refractivity contribution in [2.24, 2.45) is 0 Å². The number of allylic oxidation sites excluding steroid dienone is 1. The second-order valence-electron chi connectivity index (χ2n) is 5.93. The molecule has 0 aliphatic heterocycles. The van der Waals surface area contributed by atoms with Crippen LogP contribution in [0.2, 0.25) is 0 Å². The quantitative estimate of drug-likeness (QED) is 0.543. The molecule has 2 nitrogen and oxygen atoms in total. The first-order valence-electron chi connectivity index (χ1n) is 8.07. The normalized spacial score (nSPS) is 11.6. The molecular formula is C21H24O2. The van der Waals surface area contributed by atoms with Crippen LogP contribution in [0.15, 0.2) is 54.6 Å². The molecule has 0 unspecified atom stereocenters.